The van der Waals surface area contributed by atoms with E-state index in [1.54, 1.807) is 31.2 Å². The molecule has 0 atom stereocenters. The molecule has 0 aliphatic heterocycles. The number of ether oxygens (including phenoxy) is 3. The maximum atomic E-state index is 12.5. The molecule has 0 aromatic heterocycles. The topological polar surface area (TPSA) is 103 Å². The molecule has 0 saturated carbocycles. The molecule has 2 rings (SSSR count). The second kappa shape index (κ2) is 10.3. The van der Waals surface area contributed by atoms with Crippen molar-refractivity contribution in [3.05, 3.63) is 47.0 Å². The highest BCUT2D eigenvalue weighted by atomic mass is 32.2. The van der Waals surface area contributed by atoms with E-state index in [2.05, 4.69) is 10.0 Å². The SMILES string of the molecule is COc1cc(CNC(=O)CCNS(=O)(=O)c2cc(C)ccc2C)cc(OC)c1OC. The van der Waals surface area contributed by atoms with Gasteiger partial charge in [0.05, 0.1) is 26.2 Å². The van der Waals surface area contributed by atoms with Gasteiger partial charge >= 0.3 is 0 Å². The fraction of sp³-hybridized carbons (Fsp3) is 0.381. The van der Waals surface area contributed by atoms with Crippen molar-refractivity contribution in [2.45, 2.75) is 31.7 Å². The number of methoxy groups -OCH3 is 3. The molecule has 0 heterocycles. The predicted octanol–water partition coefficient (Wildman–Crippen LogP) is 2.31. The lowest BCUT2D eigenvalue weighted by Crippen LogP contribution is -2.31. The van der Waals surface area contributed by atoms with Crippen molar-refractivity contribution in [2.24, 2.45) is 0 Å². The first-order valence-corrected chi connectivity index (χ1v) is 10.8. The number of carbonyl (C=O) groups is 1. The lowest BCUT2D eigenvalue weighted by Gasteiger charge is -2.14. The van der Waals surface area contributed by atoms with Crippen molar-refractivity contribution in [1.82, 2.24) is 10.0 Å². The van der Waals surface area contributed by atoms with Crippen LogP contribution in [0, 0.1) is 13.8 Å². The molecule has 0 spiro atoms. The average Bonchev–Trinajstić information content (AvgIpc) is 2.72. The van der Waals surface area contributed by atoms with E-state index in [0.717, 1.165) is 11.1 Å². The number of nitrogens with one attached hydrogen (secondary N) is 2. The molecular weight excluding hydrogens is 408 g/mol. The van der Waals surface area contributed by atoms with E-state index in [0.29, 0.717) is 22.8 Å². The number of aryl methyl sites for hydroxylation is 2. The molecule has 9 heteroatoms. The third-order valence-electron chi connectivity index (χ3n) is 4.49. The molecule has 1 amide bonds. The van der Waals surface area contributed by atoms with Gasteiger partial charge in [-0.05, 0) is 48.7 Å². The summed E-state index contributed by atoms with van der Waals surface area (Å²) in [5.41, 5.74) is 2.26. The van der Waals surface area contributed by atoms with Crippen LogP contribution in [0.2, 0.25) is 0 Å². The lowest BCUT2D eigenvalue weighted by atomic mass is 10.1. The normalized spacial score (nSPS) is 11.1. The van der Waals surface area contributed by atoms with Gasteiger partial charge in [0.1, 0.15) is 0 Å². The maximum absolute atomic E-state index is 12.5. The molecule has 8 nitrogen and oxygen atoms in total. The largest absolute Gasteiger partial charge is 0.493 e. The van der Waals surface area contributed by atoms with Crippen LogP contribution in [-0.4, -0.2) is 42.2 Å². The van der Waals surface area contributed by atoms with E-state index in [-0.39, 0.29) is 30.3 Å². The smallest absolute Gasteiger partial charge is 0.240 e. The molecule has 0 unspecified atom stereocenters. The summed E-state index contributed by atoms with van der Waals surface area (Å²) in [6.07, 6.45) is 0.00845. The van der Waals surface area contributed by atoms with Crippen LogP contribution in [-0.2, 0) is 21.4 Å². The highest BCUT2D eigenvalue weighted by molar-refractivity contribution is 7.89. The maximum Gasteiger partial charge on any atom is 0.240 e. The first-order valence-electron chi connectivity index (χ1n) is 9.34. The quantitative estimate of drug-likeness (QED) is 0.593. The molecule has 0 fully saturated rings. The van der Waals surface area contributed by atoms with Gasteiger partial charge in [0.25, 0.3) is 0 Å². The first kappa shape index (κ1) is 23.5. The lowest BCUT2D eigenvalue weighted by molar-refractivity contribution is -0.121. The number of benzene rings is 2. The van der Waals surface area contributed by atoms with Gasteiger partial charge in [-0.2, -0.15) is 0 Å². The highest BCUT2D eigenvalue weighted by Gasteiger charge is 2.17. The van der Waals surface area contributed by atoms with Crippen molar-refractivity contribution in [3.63, 3.8) is 0 Å². The summed E-state index contributed by atoms with van der Waals surface area (Å²) in [6.45, 7) is 3.79. The van der Waals surface area contributed by atoms with Crippen LogP contribution in [0.5, 0.6) is 17.2 Å². The van der Waals surface area contributed by atoms with Gasteiger partial charge in [0, 0.05) is 19.5 Å². The van der Waals surface area contributed by atoms with Crippen LogP contribution in [0.1, 0.15) is 23.1 Å². The molecule has 2 N–H and O–H groups in total. The van der Waals surface area contributed by atoms with E-state index in [4.69, 9.17) is 14.2 Å². The third-order valence-corrected chi connectivity index (χ3v) is 6.09. The van der Waals surface area contributed by atoms with Crippen LogP contribution in [0.15, 0.2) is 35.2 Å². The summed E-state index contributed by atoms with van der Waals surface area (Å²) >= 11 is 0. The molecule has 0 aliphatic carbocycles. The van der Waals surface area contributed by atoms with Crippen molar-refractivity contribution in [2.75, 3.05) is 27.9 Å². The summed E-state index contributed by atoms with van der Waals surface area (Å²) in [4.78, 5) is 12.4. The van der Waals surface area contributed by atoms with E-state index in [1.807, 2.05) is 13.0 Å². The van der Waals surface area contributed by atoms with E-state index < -0.39 is 10.0 Å². The van der Waals surface area contributed by atoms with Gasteiger partial charge in [-0.1, -0.05) is 12.1 Å². The number of hydrogen-bond donors (Lipinski definition) is 2. The minimum Gasteiger partial charge on any atom is -0.493 e. The standard InChI is InChI=1S/C21H28N2O6S/c1-14-6-7-15(2)19(10-14)30(25,26)23-9-8-20(24)22-13-16-11-17(27-3)21(29-5)18(12-16)28-4/h6-7,10-12,23H,8-9,13H2,1-5H3,(H,22,24). The van der Waals surface area contributed by atoms with E-state index >= 15 is 0 Å². The zero-order chi connectivity index (χ0) is 22.3. The van der Waals surface area contributed by atoms with Crippen molar-refractivity contribution in [3.8, 4) is 17.2 Å². The van der Waals surface area contributed by atoms with Crippen LogP contribution < -0.4 is 24.2 Å². The number of rotatable bonds is 10. The minimum absolute atomic E-state index is 0.00317. The second-order valence-electron chi connectivity index (χ2n) is 6.73. The molecule has 0 radical (unpaired) electrons. The Balaban J connectivity index is 1.93. The van der Waals surface area contributed by atoms with Crippen molar-refractivity contribution in [1.29, 1.82) is 0 Å². The molecule has 2 aromatic rings. The predicted molar refractivity (Wildman–Crippen MR) is 114 cm³/mol. The summed E-state index contributed by atoms with van der Waals surface area (Å²) in [5, 5.41) is 2.76. The van der Waals surface area contributed by atoms with Crippen LogP contribution >= 0.6 is 0 Å². The Morgan fingerprint density at radius 2 is 1.60 bits per heavy atom. The molecule has 30 heavy (non-hydrogen) atoms. The number of carbonyl (C=O) groups excluding carboxylic acids is 1. The Labute approximate surface area is 177 Å². The van der Waals surface area contributed by atoms with E-state index in [9.17, 15) is 13.2 Å². The zero-order valence-corrected chi connectivity index (χ0v) is 18.7. The van der Waals surface area contributed by atoms with Crippen LogP contribution in [0.25, 0.3) is 0 Å². The molecule has 164 valence electrons. The summed E-state index contributed by atoms with van der Waals surface area (Å²) < 4.78 is 43.3. The van der Waals surface area contributed by atoms with Gasteiger partial charge in [0.15, 0.2) is 11.5 Å². The summed E-state index contributed by atoms with van der Waals surface area (Å²) in [6, 6.07) is 8.71. The molecule has 0 saturated heterocycles. The second-order valence-corrected chi connectivity index (χ2v) is 8.46. The van der Waals surface area contributed by atoms with E-state index in [1.165, 1.54) is 21.3 Å². The number of sulfonamides is 1. The van der Waals surface area contributed by atoms with Crippen LogP contribution in [0.4, 0.5) is 0 Å². The van der Waals surface area contributed by atoms with Gasteiger partial charge in [0.2, 0.25) is 21.7 Å². The zero-order valence-electron chi connectivity index (χ0n) is 17.9. The first-order chi connectivity index (χ1) is 14.2. The summed E-state index contributed by atoms with van der Waals surface area (Å²) in [5.74, 6) is 1.16. The Hall–Kier alpha value is -2.78. The Kier molecular flexibility index (Phi) is 8.08. The fourth-order valence-corrected chi connectivity index (χ4v) is 4.26. The molecule has 0 aliphatic rings. The number of amides is 1. The Morgan fingerprint density at radius 3 is 2.17 bits per heavy atom. The van der Waals surface area contributed by atoms with Gasteiger partial charge < -0.3 is 19.5 Å². The highest BCUT2D eigenvalue weighted by Crippen LogP contribution is 2.38. The van der Waals surface area contributed by atoms with Gasteiger partial charge in [-0.3, -0.25) is 4.79 Å². The fourth-order valence-electron chi connectivity index (χ4n) is 2.90. The van der Waals surface area contributed by atoms with Crippen molar-refractivity contribution >= 4 is 15.9 Å². The Bertz CT molecular complexity index is 980. The molecule has 2 aromatic carbocycles. The average molecular weight is 437 g/mol. The monoisotopic (exact) mass is 436 g/mol. The van der Waals surface area contributed by atoms with Gasteiger partial charge in [-0.15, -0.1) is 0 Å². The van der Waals surface area contributed by atoms with Crippen LogP contribution in [0.3, 0.4) is 0 Å². The molecular formula is C21H28N2O6S. The van der Waals surface area contributed by atoms with Gasteiger partial charge in [-0.25, -0.2) is 13.1 Å². The number of hydrogen-bond acceptors (Lipinski definition) is 6. The third kappa shape index (κ3) is 5.87. The summed E-state index contributed by atoms with van der Waals surface area (Å²) in [7, 11) is 0.867. The van der Waals surface area contributed by atoms with Crippen molar-refractivity contribution < 1.29 is 27.4 Å². The molecule has 0 bridgehead atoms. The Morgan fingerprint density at radius 1 is 0.967 bits per heavy atom. The minimum atomic E-state index is -3.68.